The number of hydrogen-bond acceptors (Lipinski definition) is 4. The number of nitrogens with zero attached hydrogens (tertiary/aromatic N) is 2. The molecular weight excluding hydrogens is 164 g/mol. The van der Waals surface area contributed by atoms with Crippen molar-refractivity contribution in [2.45, 2.75) is 24.8 Å². The molecule has 0 amide bonds. The second-order valence-electron chi connectivity index (χ2n) is 2.30. The Bertz CT molecular complexity index is 207. The fourth-order valence-corrected chi connectivity index (χ4v) is 2.20. The smallest absolute Gasteiger partial charge is 0.131 e. The number of aromatic nitrogens is 2. The van der Waals surface area contributed by atoms with Gasteiger partial charge in [0, 0.05) is 0 Å². The van der Waals surface area contributed by atoms with Gasteiger partial charge in [-0.1, -0.05) is 18.3 Å². The first-order chi connectivity index (χ1) is 4.75. The van der Waals surface area contributed by atoms with Crippen LogP contribution >= 0.6 is 23.3 Å². The molecule has 0 aliphatic carbocycles. The van der Waals surface area contributed by atoms with E-state index in [9.17, 15) is 0 Å². The number of thioether (sulfide) groups is 1. The van der Waals surface area contributed by atoms with Crippen LogP contribution in [-0.4, -0.2) is 15.8 Å². The van der Waals surface area contributed by atoms with Crippen LogP contribution in [0.3, 0.4) is 0 Å². The van der Waals surface area contributed by atoms with Crippen molar-refractivity contribution in [2.75, 3.05) is 6.26 Å². The van der Waals surface area contributed by atoms with Gasteiger partial charge in [-0.3, -0.25) is 0 Å². The largest absolute Gasteiger partial charge is 0.134 e. The maximum Gasteiger partial charge on any atom is 0.134 e. The normalized spacial score (nSPS) is 10.8. The Morgan fingerprint density at radius 2 is 2.20 bits per heavy atom. The lowest BCUT2D eigenvalue weighted by molar-refractivity contribution is 0.846. The molecule has 1 aromatic heterocycles. The van der Waals surface area contributed by atoms with Gasteiger partial charge in [0.1, 0.15) is 5.03 Å². The summed E-state index contributed by atoms with van der Waals surface area (Å²) in [6.07, 6.45) is 2.03. The van der Waals surface area contributed by atoms with Crippen molar-refractivity contribution >= 4 is 23.3 Å². The van der Waals surface area contributed by atoms with Gasteiger partial charge in [0.15, 0.2) is 0 Å². The first-order valence-electron chi connectivity index (χ1n) is 3.12. The monoisotopic (exact) mass is 174 g/mol. The van der Waals surface area contributed by atoms with Crippen molar-refractivity contribution in [3.8, 4) is 0 Å². The summed E-state index contributed by atoms with van der Waals surface area (Å²) in [6.45, 7) is 4.32. The molecule has 0 N–H and O–H groups in total. The van der Waals surface area contributed by atoms with Gasteiger partial charge in [0.25, 0.3) is 0 Å². The standard InChI is InChI=1S/C6H10N2S2/c1-4(2)5-6(9-3)7-8-10-5/h4H,1-3H3. The molecule has 1 rings (SSSR count). The third-order valence-corrected chi connectivity index (χ3v) is 3.04. The van der Waals surface area contributed by atoms with Crippen molar-refractivity contribution in [3.05, 3.63) is 4.88 Å². The van der Waals surface area contributed by atoms with E-state index in [1.807, 2.05) is 6.26 Å². The average molecular weight is 174 g/mol. The van der Waals surface area contributed by atoms with E-state index < -0.39 is 0 Å². The van der Waals surface area contributed by atoms with Crippen LogP contribution in [-0.2, 0) is 0 Å². The van der Waals surface area contributed by atoms with E-state index in [0.29, 0.717) is 5.92 Å². The van der Waals surface area contributed by atoms with E-state index >= 15 is 0 Å². The molecule has 0 unspecified atom stereocenters. The fraction of sp³-hybridized carbons (Fsp3) is 0.667. The lowest BCUT2D eigenvalue weighted by Crippen LogP contribution is -1.83. The van der Waals surface area contributed by atoms with Gasteiger partial charge in [-0.25, -0.2) is 0 Å². The molecule has 4 heteroatoms. The fourth-order valence-electron chi connectivity index (χ4n) is 0.684. The first kappa shape index (κ1) is 8.01. The zero-order chi connectivity index (χ0) is 7.56. The summed E-state index contributed by atoms with van der Waals surface area (Å²) in [6, 6.07) is 0. The van der Waals surface area contributed by atoms with Crippen LogP contribution in [0.1, 0.15) is 24.6 Å². The van der Waals surface area contributed by atoms with E-state index in [1.54, 1.807) is 11.8 Å². The van der Waals surface area contributed by atoms with Crippen molar-refractivity contribution in [1.29, 1.82) is 0 Å². The molecule has 0 radical (unpaired) electrons. The molecule has 0 bridgehead atoms. The third kappa shape index (κ3) is 1.49. The molecule has 2 nitrogen and oxygen atoms in total. The van der Waals surface area contributed by atoms with Gasteiger partial charge >= 0.3 is 0 Å². The minimum atomic E-state index is 0.558. The van der Waals surface area contributed by atoms with Crippen molar-refractivity contribution in [3.63, 3.8) is 0 Å². The topological polar surface area (TPSA) is 25.8 Å². The summed E-state index contributed by atoms with van der Waals surface area (Å²) in [4.78, 5) is 1.30. The molecule has 0 aliphatic heterocycles. The highest BCUT2D eigenvalue weighted by atomic mass is 32.2. The Hall–Kier alpha value is -0.0900. The highest BCUT2D eigenvalue weighted by Gasteiger charge is 2.09. The molecule has 0 aliphatic rings. The Kier molecular flexibility index (Phi) is 2.68. The van der Waals surface area contributed by atoms with Crippen LogP contribution in [0.4, 0.5) is 0 Å². The van der Waals surface area contributed by atoms with E-state index in [-0.39, 0.29) is 0 Å². The highest BCUT2D eigenvalue weighted by Crippen LogP contribution is 2.27. The summed E-state index contributed by atoms with van der Waals surface area (Å²) < 4.78 is 3.89. The molecule has 0 atom stereocenters. The van der Waals surface area contributed by atoms with Gasteiger partial charge in [-0.2, -0.15) is 0 Å². The molecule has 10 heavy (non-hydrogen) atoms. The first-order valence-corrected chi connectivity index (χ1v) is 5.11. The van der Waals surface area contributed by atoms with Crippen LogP contribution in [0.2, 0.25) is 0 Å². The minimum Gasteiger partial charge on any atom is -0.131 e. The lowest BCUT2D eigenvalue weighted by Gasteiger charge is -1.99. The SMILES string of the molecule is CSc1nnsc1C(C)C. The zero-order valence-corrected chi connectivity index (χ0v) is 7.92. The maximum absolute atomic E-state index is 3.99. The Morgan fingerprint density at radius 1 is 1.50 bits per heavy atom. The molecule has 56 valence electrons. The quantitative estimate of drug-likeness (QED) is 0.644. The Balaban J connectivity index is 2.90. The Morgan fingerprint density at radius 3 is 2.60 bits per heavy atom. The van der Waals surface area contributed by atoms with Gasteiger partial charge < -0.3 is 0 Å². The number of hydrogen-bond donors (Lipinski definition) is 0. The van der Waals surface area contributed by atoms with E-state index in [0.717, 1.165) is 5.03 Å². The van der Waals surface area contributed by atoms with Crippen molar-refractivity contribution < 1.29 is 0 Å². The molecule has 0 saturated carbocycles. The predicted octanol–water partition coefficient (Wildman–Crippen LogP) is 2.38. The average Bonchev–Trinajstić information content (AvgIpc) is 2.33. The van der Waals surface area contributed by atoms with Crippen LogP contribution in [0.25, 0.3) is 0 Å². The van der Waals surface area contributed by atoms with E-state index in [4.69, 9.17) is 0 Å². The van der Waals surface area contributed by atoms with Gasteiger partial charge in [-0.05, 0) is 23.7 Å². The lowest BCUT2D eigenvalue weighted by atomic mass is 10.2. The summed E-state index contributed by atoms with van der Waals surface area (Å²) in [5, 5.41) is 5.07. The second kappa shape index (κ2) is 3.34. The molecule has 1 heterocycles. The van der Waals surface area contributed by atoms with Gasteiger partial charge in [0.05, 0.1) is 4.88 Å². The summed E-state index contributed by atoms with van der Waals surface area (Å²) in [5.74, 6) is 0.558. The minimum absolute atomic E-state index is 0.558. The molecule has 0 saturated heterocycles. The number of rotatable bonds is 2. The van der Waals surface area contributed by atoms with Crippen LogP contribution in [0.15, 0.2) is 5.03 Å². The van der Waals surface area contributed by atoms with E-state index in [1.165, 1.54) is 16.4 Å². The maximum atomic E-state index is 3.99. The van der Waals surface area contributed by atoms with Gasteiger partial charge in [-0.15, -0.1) is 16.9 Å². The summed E-state index contributed by atoms with van der Waals surface area (Å²) in [5.41, 5.74) is 0. The second-order valence-corrected chi connectivity index (χ2v) is 3.88. The predicted molar refractivity (Wildman–Crippen MR) is 45.8 cm³/mol. The molecular formula is C6H10N2S2. The van der Waals surface area contributed by atoms with Crippen LogP contribution in [0, 0.1) is 0 Å². The molecule has 0 spiro atoms. The van der Waals surface area contributed by atoms with Gasteiger partial charge in [0.2, 0.25) is 0 Å². The Labute approximate surface area is 69.2 Å². The highest BCUT2D eigenvalue weighted by molar-refractivity contribution is 7.98. The van der Waals surface area contributed by atoms with Crippen LogP contribution in [0.5, 0.6) is 0 Å². The van der Waals surface area contributed by atoms with Crippen molar-refractivity contribution in [1.82, 2.24) is 9.59 Å². The molecule has 0 aromatic carbocycles. The molecule has 1 aromatic rings. The third-order valence-electron chi connectivity index (χ3n) is 1.20. The molecule has 0 fully saturated rings. The summed E-state index contributed by atoms with van der Waals surface area (Å²) >= 11 is 3.17. The van der Waals surface area contributed by atoms with Crippen LogP contribution < -0.4 is 0 Å². The summed E-state index contributed by atoms with van der Waals surface area (Å²) in [7, 11) is 0. The van der Waals surface area contributed by atoms with Crippen molar-refractivity contribution in [2.24, 2.45) is 0 Å². The zero-order valence-electron chi connectivity index (χ0n) is 6.29. The van der Waals surface area contributed by atoms with E-state index in [2.05, 4.69) is 23.4 Å².